The number of hydrogen-bond acceptors (Lipinski definition) is 4. The molecule has 1 aliphatic heterocycles. The number of aromatic nitrogens is 3. The van der Waals surface area contributed by atoms with E-state index < -0.39 is 6.04 Å². The maximum absolute atomic E-state index is 13.3. The van der Waals surface area contributed by atoms with Gasteiger partial charge >= 0.3 is 0 Å². The summed E-state index contributed by atoms with van der Waals surface area (Å²) in [5.41, 5.74) is 2.37. The van der Waals surface area contributed by atoms with Crippen molar-refractivity contribution in [2.45, 2.75) is 37.8 Å². The predicted octanol–water partition coefficient (Wildman–Crippen LogP) is 0.610. The van der Waals surface area contributed by atoms with Crippen LogP contribution in [0.1, 0.15) is 40.6 Å². The first-order valence-electron chi connectivity index (χ1n) is 9.95. The van der Waals surface area contributed by atoms with E-state index in [1.165, 1.54) is 0 Å². The predicted molar refractivity (Wildman–Crippen MR) is 106 cm³/mol. The fourth-order valence-corrected chi connectivity index (χ4v) is 4.39. The molecule has 8 heteroatoms. The molecule has 152 valence electrons. The number of nitrogens with one attached hydrogen (secondary N) is 1. The molecule has 2 unspecified atom stereocenters. The zero-order valence-electron chi connectivity index (χ0n) is 16.3. The summed E-state index contributed by atoms with van der Waals surface area (Å²) in [5, 5.41) is 9.95. The van der Waals surface area contributed by atoms with Crippen LogP contribution in [0.25, 0.3) is 0 Å². The molecule has 1 saturated heterocycles. The van der Waals surface area contributed by atoms with Gasteiger partial charge in [0.05, 0.1) is 37.1 Å². The summed E-state index contributed by atoms with van der Waals surface area (Å²) < 4.78 is 1.73. The zero-order valence-corrected chi connectivity index (χ0v) is 16.3. The van der Waals surface area contributed by atoms with Crippen LogP contribution in [0.3, 0.4) is 0 Å². The maximum atomic E-state index is 13.3. The van der Waals surface area contributed by atoms with Crippen molar-refractivity contribution < 1.29 is 14.7 Å². The molecular weight excluding hydrogens is 370 g/mol. The van der Waals surface area contributed by atoms with Gasteiger partial charge in [-0.2, -0.15) is 0 Å². The lowest BCUT2D eigenvalue weighted by atomic mass is 9.88. The molecule has 1 aliphatic carbocycles. The van der Waals surface area contributed by atoms with E-state index in [9.17, 15) is 14.7 Å². The molecule has 2 atom stereocenters. The second-order valence-electron chi connectivity index (χ2n) is 7.56. The first-order valence-corrected chi connectivity index (χ1v) is 9.95. The van der Waals surface area contributed by atoms with Gasteiger partial charge in [0.2, 0.25) is 5.91 Å². The zero-order chi connectivity index (χ0) is 20.4. The summed E-state index contributed by atoms with van der Waals surface area (Å²) in [6, 6.07) is 3.10. The van der Waals surface area contributed by atoms with Gasteiger partial charge < -0.3 is 24.5 Å². The molecule has 2 aromatic rings. The van der Waals surface area contributed by atoms with E-state index in [-0.39, 0.29) is 24.3 Å². The summed E-state index contributed by atoms with van der Waals surface area (Å²) in [7, 11) is 0. The lowest BCUT2D eigenvalue weighted by molar-refractivity contribution is -0.139. The fourth-order valence-electron chi connectivity index (χ4n) is 4.39. The van der Waals surface area contributed by atoms with Crippen LogP contribution in [0.4, 0.5) is 0 Å². The summed E-state index contributed by atoms with van der Waals surface area (Å²) in [6.45, 7) is 1.23. The molecule has 2 N–H and O–H groups in total. The Hall–Kier alpha value is -3.05. The Bertz CT molecular complexity index is 940. The normalized spacial score (nSPS) is 21.5. The minimum atomic E-state index is -0.430. The Morgan fingerprint density at radius 2 is 2.24 bits per heavy atom. The average molecular weight is 395 g/mol. The Balaban J connectivity index is 1.48. The molecule has 2 aromatic heterocycles. The third kappa shape index (κ3) is 3.54. The lowest BCUT2D eigenvalue weighted by Crippen LogP contribution is -2.59. The number of aryl methyl sites for hydroxylation is 1. The van der Waals surface area contributed by atoms with Crippen LogP contribution < -0.4 is 0 Å². The molecule has 3 heterocycles. The van der Waals surface area contributed by atoms with Crippen LogP contribution in [0, 0.1) is 12.3 Å². The number of hydrogen-bond donors (Lipinski definition) is 2. The van der Waals surface area contributed by atoms with E-state index in [4.69, 9.17) is 6.42 Å². The van der Waals surface area contributed by atoms with Crippen LogP contribution in [0.5, 0.6) is 0 Å². The quantitative estimate of drug-likeness (QED) is 0.742. The second kappa shape index (κ2) is 8.13. The Morgan fingerprint density at radius 3 is 3.03 bits per heavy atom. The number of terminal acetylenes is 1. The highest BCUT2D eigenvalue weighted by molar-refractivity contribution is 5.93. The maximum Gasteiger partial charge on any atom is 0.270 e. The molecule has 0 radical (unpaired) electrons. The van der Waals surface area contributed by atoms with Gasteiger partial charge in [-0.15, -0.1) is 6.42 Å². The number of aliphatic hydroxyl groups excluding tert-OH is 1. The Morgan fingerprint density at radius 1 is 1.38 bits per heavy atom. The molecule has 0 saturated carbocycles. The summed E-state index contributed by atoms with van der Waals surface area (Å²) in [4.78, 5) is 37.1. The fraction of sp³-hybridized carbons (Fsp3) is 0.476. The molecule has 0 bridgehead atoms. The monoisotopic (exact) mass is 395 g/mol. The molecular formula is C21H25N5O3. The number of rotatable bonds is 4. The van der Waals surface area contributed by atoms with Crippen molar-refractivity contribution in [3.8, 4) is 12.3 Å². The first kappa shape index (κ1) is 19.3. The van der Waals surface area contributed by atoms with Gasteiger partial charge in [-0.05, 0) is 31.4 Å². The van der Waals surface area contributed by atoms with Crippen LogP contribution in [-0.2, 0) is 17.8 Å². The Labute approximate surface area is 169 Å². The van der Waals surface area contributed by atoms with Gasteiger partial charge in [-0.1, -0.05) is 5.92 Å². The van der Waals surface area contributed by atoms with E-state index >= 15 is 0 Å². The van der Waals surface area contributed by atoms with Crippen LogP contribution in [0.15, 0.2) is 24.7 Å². The molecule has 0 aromatic carbocycles. The number of carbonyl (C=O) groups is 2. The third-order valence-corrected chi connectivity index (χ3v) is 5.87. The lowest BCUT2D eigenvalue weighted by Gasteiger charge is -2.42. The molecule has 29 heavy (non-hydrogen) atoms. The molecule has 8 nitrogen and oxygen atoms in total. The average Bonchev–Trinajstić information content (AvgIpc) is 3.41. The van der Waals surface area contributed by atoms with Gasteiger partial charge in [-0.3, -0.25) is 9.59 Å². The highest BCUT2D eigenvalue weighted by Crippen LogP contribution is 2.32. The number of aliphatic hydroxyl groups is 1. The number of piperazine rings is 1. The largest absolute Gasteiger partial charge is 0.394 e. The number of nitrogens with zero attached hydrogens (tertiary/aromatic N) is 4. The SMILES string of the molecule is C#CCn1cccc1C(=O)N1CCN(C(=O)C2CCCc3[nH]cnc32)C(CO)C1. The Kier molecular flexibility index (Phi) is 5.41. The van der Waals surface area contributed by atoms with E-state index in [0.29, 0.717) is 31.9 Å². The second-order valence-corrected chi connectivity index (χ2v) is 7.56. The number of imidazole rings is 1. The number of amides is 2. The molecule has 0 spiro atoms. The molecule has 2 amide bonds. The highest BCUT2D eigenvalue weighted by atomic mass is 16.3. The summed E-state index contributed by atoms with van der Waals surface area (Å²) in [6.07, 6.45) is 11.4. The topological polar surface area (TPSA) is 94.5 Å². The van der Waals surface area contributed by atoms with Crippen molar-refractivity contribution in [2.24, 2.45) is 0 Å². The highest BCUT2D eigenvalue weighted by Gasteiger charge is 2.38. The minimum absolute atomic E-state index is 0.0140. The molecule has 4 rings (SSSR count). The number of fused-ring (bicyclic) bond motifs is 1. The number of aromatic amines is 1. The van der Waals surface area contributed by atoms with Gasteiger partial charge in [0, 0.05) is 31.5 Å². The van der Waals surface area contributed by atoms with E-state index in [1.54, 1.807) is 39.0 Å². The van der Waals surface area contributed by atoms with E-state index in [0.717, 1.165) is 30.7 Å². The first-order chi connectivity index (χ1) is 14.1. The van der Waals surface area contributed by atoms with E-state index in [2.05, 4.69) is 15.9 Å². The van der Waals surface area contributed by atoms with Crippen molar-refractivity contribution in [1.82, 2.24) is 24.3 Å². The van der Waals surface area contributed by atoms with Crippen LogP contribution >= 0.6 is 0 Å². The van der Waals surface area contributed by atoms with Crippen molar-refractivity contribution in [3.05, 3.63) is 41.7 Å². The van der Waals surface area contributed by atoms with Gasteiger partial charge in [-0.25, -0.2) is 4.98 Å². The van der Waals surface area contributed by atoms with Gasteiger partial charge in [0.15, 0.2) is 0 Å². The summed E-state index contributed by atoms with van der Waals surface area (Å²) in [5.74, 6) is 2.11. The van der Waals surface area contributed by atoms with Crippen molar-refractivity contribution in [2.75, 3.05) is 26.2 Å². The smallest absolute Gasteiger partial charge is 0.270 e. The van der Waals surface area contributed by atoms with Crippen LogP contribution in [0.2, 0.25) is 0 Å². The molecule has 2 aliphatic rings. The van der Waals surface area contributed by atoms with Gasteiger partial charge in [0.1, 0.15) is 5.69 Å². The number of H-pyrrole nitrogens is 1. The van der Waals surface area contributed by atoms with Crippen molar-refractivity contribution in [3.63, 3.8) is 0 Å². The van der Waals surface area contributed by atoms with Crippen molar-refractivity contribution >= 4 is 11.8 Å². The van der Waals surface area contributed by atoms with Crippen LogP contribution in [-0.4, -0.2) is 73.5 Å². The third-order valence-electron chi connectivity index (χ3n) is 5.87. The van der Waals surface area contributed by atoms with Gasteiger partial charge in [0.25, 0.3) is 5.91 Å². The minimum Gasteiger partial charge on any atom is -0.394 e. The number of carbonyl (C=O) groups excluding carboxylic acids is 2. The summed E-state index contributed by atoms with van der Waals surface area (Å²) >= 11 is 0. The standard InChI is InChI=1S/C21H25N5O3/c1-2-8-24-9-4-7-18(24)21(29)25-10-11-26(15(12-25)13-27)20(28)16-5-3-6-17-19(16)23-14-22-17/h1,4,7,9,14-16,27H,3,5-6,8,10-13H2,(H,22,23). The van der Waals surface area contributed by atoms with Crippen molar-refractivity contribution in [1.29, 1.82) is 0 Å². The molecule has 1 fully saturated rings. The van der Waals surface area contributed by atoms with E-state index in [1.807, 2.05) is 0 Å².